The Kier molecular flexibility index (Phi) is 4.70. The predicted molar refractivity (Wildman–Crippen MR) is 52.3 cm³/mol. The molecule has 0 bridgehead atoms. The normalized spacial score (nSPS) is 15.2. The Hall–Kier alpha value is -0.160. The maximum Gasteiger partial charge on any atom is 0.217 e. The predicted octanol–water partition coefficient (Wildman–Crippen LogP) is -0.348. The average molecular weight is 175 g/mol. The molecule has 0 amide bonds. The van der Waals surface area contributed by atoms with Crippen molar-refractivity contribution in [1.82, 2.24) is 15.6 Å². The lowest BCUT2D eigenvalue weighted by atomic mass is 10.6. The maximum atomic E-state index is 3.37. The van der Waals surface area contributed by atoms with Crippen molar-refractivity contribution in [2.75, 3.05) is 41.8 Å². The van der Waals surface area contributed by atoms with E-state index in [-0.39, 0.29) is 6.29 Å². The highest BCUT2D eigenvalue weighted by Crippen LogP contribution is 2.02. The van der Waals surface area contributed by atoms with Crippen LogP contribution in [0, 0.1) is 0 Å². The fourth-order valence-electron chi connectivity index (χ4n) is 1.07. The minimum atomic E-state index is 0.269. The van der Waals surface area contributed by atoms with Crippen molar-refractivity contribution in [1.29, 1.82) is 0 Å². The second-order valence-electron chi connectivity index (χ2n) is 3.58. The van der Waals surface area contributed by atoms with Gasteiger partial charge in [-0.25, -0.2) is 4.59 Å². The standard InChI is InChI=1S/C8H23N4/c1-7-10-8(9-2)12(5,6)11(3)4/h8-10H,7H2,1-6H3/q+1. The molecule has 0 spiro atoms. The van der Waals surface area contributed by atoms with Crippen molar-refractivity contribution in [3.63, 3.8) is 0 Å². The molecular weight excluding hydrogens is 152 g/mol. The summed E-state index contributed by atoms with van der Waals surface area (Å²) in [5, 5.41) is 8.77. The molecule has 4 heteroatoms. The Morgan fingerprint density at radius 2 is 1.83 bits per heavy atom. The van der Waals surface area contributed by atoms with E-state index in [4.69, 9.17) is 0 Å². The third-order valence-electron chi connectivity index (χ3n) is 2.33. The Balaban J connectivity index is 4.25. The first-order chi connectivity index (χ1) is 5.46. The van der Waals surface area contributed by atoms with Gasteiger partial charge >= 0.3 is 0 Å². The summed E-state index contributed by atoms with van der Waals surface area (Å²) in [6, 6.07) is 0. The summed E-state index contributed by atoms with van der Waals surface area (Å²) in [4.78, 5) is 0. The molecule has 0 rings (SSSR count). The van der Waals surface area contributed by atoms with Crippen LogP contribution in [0.2, 0.25) is 0 Å². The summed E-state index contributed by atoms with van der Waals surface area (Å²) < 4.78 is 0.782. The van der Waals surface area contributed by atoms with Crippen molar-refractivity contribution in [3.8, 4) is 0 Å². The topological polar surface area (TPSA) is 27.3 Å². The van der Waals surface area contributed by atoms with Gasteiger partial charge in [0.15, 0.2) is 0 Å². The zero-order chi connectivity index (χ0) is 9.78. The van der Waals surface area contributed by atoms with Gasteiger partial charge in [-0.15, -0.1) is 0 Å². The van der Waals surface area contributed by atoms with Crippen LogP contribution in [-0.2, 0) is 0 Å². The first-order valence-electron chi connectivity index (χ1n) is 4.39. The number of nitrogens with zero attached hydrogens (tertiary/aromatic N) is 2. The molecule has 0 aliphatic carbocycles. The maximum absolute atomic E-state index is 3.37. The van der Waals surface area contributed by atoms with Crippen LogP contribution in [0.4, 0.5) is 0 Å². The Bertz CT molecular complexity index is 122. The highest BCUT2D eigenvalue weighted by atomic mass is 15.8. The van der Waals surface area contributed by atoms with Gasteiger partial charge in [0.1, 0.15) is 0 Å². The van der Waals surface area contributed by atoms with E-state index in [1.165, 1.54) is 0 Å². The zero-order valence-corrected chi connectivity index (χ0v) is 9.18. The van der Waals surface area contributed by atoms with Crippen molar-refractivity contribution in [3.05, 3.63) is 0 Å². The van der Waals surface area contributed by atoms with Crippen LogP contribution in [0.1, 0.15) is 6.92 Å². The lowest BCUT2D eigenvalue weighted by Gasteiger charge is -2.41. The molecule has 0 aromatic heterocycles. The molecule has 0 saturated heterocycles. The average Bonchev–Trinajstić information content (AvgIpc) is 1.99. The van der Waals surface area contributed by atoms with Crippen molar-refractivity contribution in [2.45, 2.75) is 13.2 Å². The summed E-state index contributed by atoms with van der Waals surface area (Å²) >= 11 is 0. The van der Waals surface area contributed by atoms with E-state index in [0.29, 0.717) is 0 Å². The lowest BCUT2D eigenvalue weighted by molar-refractivity contribution is -1.02. The fraction of sp³-hybridized carbons (Fsp3) is 1.00. The van der Waals surface area contributed by atoms with Gasteiger partial charge in [-0.1, -0.05) is 6.92 Å². The van der Waals surface area contributed by atoms with Gasteiger partial charge in [0.05, 0.1) is 14.1 Å². The third-order valence-corrected chi connectivity index (χ3v) is 2.33. The van der Waals surface area contributed by atoms with Gasteiger partial charge < -0.3 is 0 Å². The number of hydrogen-bond donors (Lipinski definition) is 2. The smallest absolute Gasteiger partial charge is 0.217 e. The first-order valence-corrected chi connectivity index (χ1v) is 4.39. The minimum absolute atomic E-state index is 0.269. The number of quaternary nitrogens is 1. The summed E-state index contributed by atoms with van der Waals surface area (Å²) in [5.41, 5.74) is 0. The first kappa shape index (κ1) is 11.8. The van der Waals surface area contributed by atoms with E-state index < -0.39 is 0 Å². The quantitative estimate of drug-likeness (QED) is 0.340. The van der Waals surface area contributed by atoms with Crippen LogP contribution in [-0.4, -0.2) is 57.7 Å². The molecule has 0 saturated carbocycles. The second-order valence-corrected chi connectivity index (χ2v) is 3.58. The number of nitrogens with one attached hydrogen (secondary N) is 2. The monoisotopic (exact) mass is 175 g/mol. The minimum Gasteiger partial charge on any atom is -0.256 e. The van der Waals surface area contributed by atoms with Crippen LogP contribution in [0.5, 0.6) is 0 Å². The molecule has 0 aromatic carbocycles. The molecule has 12 heavy (non-hydrogen) atoms. The highest BCUT2D eigenvalue weighted by Gasteiger charge is 2.28. The molecule has 1 unspecified atom stereocenters. The van der Waals surface area contributed by atoms with E-state index in [1.54, 1.807) is 0 Å². The van der Waals surface area contributed by atoms with E-state index in [9.17, 15) is 0 Å². The van der Waals surface area contributed by atoms with Crippen LogP contribution in [0.3, 0.4) is 0 Å². The highest BCUT2D eigenvalue weighted by molar-refractivity contribution is 4.46. The van der Waals surface area contributed by atoms with Crippen molar-refractivity contribution < 1.29 is 4.59 Å². The van der Waals surface area contributed by atoms with Crippen LogP contribution >= 0.6 is 0 Å². The molecule has 0 aliphatic rings. The second kappa shape index (κ2) is 4.77. The van der Waals surface area contributed by atoms with Gasteiger partial charge in [0, 0.05) is 14.1 Å². The number of rotatable bonds is 5. The fourth-order valence-corrected chi connectivity index (χ4v) is 1.07. The van der Waals surface area contributed by atoms with Crippen molar-refractivity contribution in [2.24, 2.45) is 0 Å². The molecule has 1 atom stereocenters. The molecule has 4 nitrogen and oxygen atoms in total. The van der Waals surface area contributed by atoms with E-state index in [1.807, 2.05) is 7.05 Å². The van der Waals surface area contributed by atoms with Crippen LogP contribution in [0.15, 0.2) is 0 Å². The van der Waals surface area contributed by atoms with Crippen LogP contribution in [0.25, 0.3) is 0 Å². The van der Waals surface area contributed by atoms with Crippen molar-refractivity contribution >= 4 is 0 Å². The molecule has 74 valence electrons. The molecular formula is C8H23N4+. The summed E-state index contributed by atoms with van der Waals surface area (Å²) in [7, 11) is 10.4. The summed E-state index contributed by atoms with van der Waals surface area (Å²) in [6.07, 6.45) is 0.269. The van der Waals surface area contributed by atoms with Gasteiger partial charge in [-0.05, 0) is 13.6 Å². The van der Waals surface area contributed by atoms with E-state index >= 15 is 0 Å². The van der Waals surface area contributed by atoms with Gasteiger partial charge in [0.25, 0.3) is 0 Å². The molecule has 0 aliphatic heterocycles. The Morgan fingerprint density at radius 3 is 2.08 bits per heavy atom. The molecule has 0 fully saturated rings. The van der Waals surface area contributed by atoms with E-state index in [2.05, 4.69) is 50.8 Å². The van der Waals surface area contributed by atoms with Crippen LogP contribution < -0.4 is 10.6 Å². The molecule has 0 radical (unpaired) electrons. The van der Waals surface area contributed by atoms with Gasteiger partial charge in [-0.3, -0.25) is 10.6 Å². The Labute approximate surface area is 76.1 Å². The molecule has 0 aromatic rings. The van der Waals surface area contributed by atoms with Gasteiger partial charge in [-0.2, -0.15) is 5.01 Å². The summed E-state index contributed by atoms with van der Waals surface area (Å²) in [6.45, 7) is 3.08. The zero-order valence-electron chi connectivity index (χ0n) is 9.18. The largest absolute Gasteiger partial charge is 0.256 e. The molecule has 2 N–H and O–H groups in total. The van der Waals surface area contributed by atoms with Gasteiger partial charge in [0.2, 0.25) is 6.29 Å². The Morgan fingerprint density at radius 1 is 1.33 bits per heavy atom. The van der Waals surface area contributed by atoms with E-state index in [0.717, 1.165) is 11.1 Å². The SMILES string of the molecule is CCNC(NC)[N+](C)(C)N(C)C. The third kappa shape index (κ3) is 2.71. The summed E-state index contributed by atoms with van der Waals surface area (Å²) in [5.74, 6) is 0. The number of hydrogen-bond acceptors (Lipinski definition) is 3. The lowest BCUT2D eigenvalue weighted by Crippen LogP contribution is -2.67. The molecule has 0 heterocycles.